The normalized spacial score (nSPS) is 10.7. The summed E-state index contributed by atoms with van der Waals surface area (Å²) in [6.45, 7) is 3.82. The van der Waals surface area contributed by atoms with Gasteiger partial charge in [0.2, 0.25) is 5.88 Å². The number of hydrogen-bond donors (Lipinski definition) is 1. The van der Waals surface area contributed by atoms with Gasteiger partial charge < -0.3 is 9.84 Å². The fraction of sp³-hybridized carbons (Fsp3) is 0.200. The third-order valence-corrected chi connectivity index (χ3v) is 3.39. The molecule has 0 bridgehead atoms. The van der Waals surface area contributed by atoms with Crippen LogP contribution in [-0.2, 0) is 0 Å². The molecule has 4 nitrogen and oxygen atoms in total. The minimum absolute atomic E-state index is 0.0586. The largest absolute Gasteiger partial charge is 0.478 e. The van der Waals surface area contributed by atoms with Crippen LogP contribution in [0.2, 0.25) is 0 Å². The van der Waals surface area contributed by atoms with Crippen LogP contribution in [0.3, 0.4) is 0 Å². The van der Waals surface area contributed by atoms with Crippen LogP contribution in [0.1, 0.15) is 35.8 Å². The second-order valence-electron chi connectivity index (χ2n) is 4.76. The zero-order valence-corrected chi connectivity index (χ0v) is 13.0. The Morgan fingerprint density at radius 3 is 2.62 bits per heavy atom. The van der Waals surface area contributed by atoms with Crippen molar-refractivity contribution in [1.82, 2.24) is 4.98 Å². The molecule has 110 valence electrons. The van der Waals surface area contributed by atoms with E-state index in [4.69, 9.17) is 9.84 Å². The Morgan fingerprint density at radius 2 is 2.05 bits per heavy atom. The third kappa shape index (κ3) is 3.78. The molecule has 6 heteroatoms. The summed E-state index contributed by atoms with van der Waals surface area (Å²) in [5.41, 5.74) is 0.713. The van der Waals surface area contributed by atoms with Crippen molar-refractivity contribution in [3.8, 4) is 11.6 Å². The average molecular weight is 354 g/mol. The summed E-state index contributed by atoms with van der Waals surface area (Å²) >= 11 is 3.19. The summed E-state index contributed by atoms with van der Waals surface area (Å²) in [6, 6.07) is 6.82. The van der Waals surface area contributed by atoms with E-state index in [1.54, 1.807) is 0 Å². The van der Waals surface area contributed by atoms with Gasteiger partial charge >= 0.3 is 5.97 Å². The molecule has 0 saturated carbocycles. The van der Waals surface area contributed by atoms with Crippen LogP contribution in [0.5, 0.6) is 11.6 Å². The number of rotatable bonds is 4. The summed E-state index contributed by atoms with van der Waals surface area (Å²) in [5.74, 6) is -0.873. The van der Waals surface area contributed by atoms with Gasteiger partial charge in [0.1, 0.15) is 11.6 Å². The predicted octanol–water partition coefficient (Wildman–Crippen LogP) is 4.60. The van der Waals surface area contributed by atoms with Gasteiger partial charge in [-0.1, -0.05) is 13.8 Å². The molecule has 0 fully saturated rings. The number of pyridine rings is 1. The van der Waals surface area contributed by atoms with Crippen molar-refractivity contribution in [2.24, 2.45) is 0 Å². The van der Waals surface area contributed by atoms with Gasteiger partial charge in [-0.25, -0.2) is 14.2 Å². The minimum Gasteiger partial charge on any atom is -0.478 e. The van der Waals surface area contributed by atoms with E-state index in [1.165, 1.54) is 30.3 Å². The van der Waals surface area contributed by atoms with Crippen molar-refractivity contribution in [1.29, 1.82) is 0 Å². The molecule has 0 unspecified atom stereocenters. The lowest BCUT2D eigenvalue weighted by Gasteiger charge is -2.11. The van der Waals surface area contributed by atoms with Crippen LogP contribution in [0.25, 0.3) is 0 Å². The topological polar surface area (TPSA) is 59.4 Å². The zero-order chi connectivity index (χ0) is 15.6. The molecule has 0 amide bonds. The number of nitrogens with zero attached hydrogens (tertiary/aromatic N) is 1. The van der Waals surface area contributed by atoms with E-state index < -0.39 is 11.8 Å². The first kappa shape index (κ1) is 15.4. The van der Waals surface area contributed by atoms with Gasteiger partial charge in [0.05, 0.1) is 10.0 Å². The lowest BCUT2D eigenvalue weighted by Crippen LogP contribution is -2.03. The molecular weight excluding hydrogens is 341 g/mol. The van der Waals surface area contributed by atoms with Gasteiger partial charge in [-0.15, -0.1) is 0 Å². The van der Waals surface area contributed by atoms with E-state index in [2.05, 4.69) is 20.9 Å². The summed E-state index contributed by atoms with van der Waals surface area (Å²) in [5, 5.41) is 9.13. The van der Waals surface area contributed by atoms with Gasteiger partial charge in [-0.05, 0) is 46.1 Å². The molecule has 0 aliphatic rings. The number of halogens is 2. The van der Waals surface area contributed by atoms with Crippen molar-refractivity contribution in [3.63, 3.8) is 0 Å². The Bertz CT molecular complexity index is 689. The van der Waals surface area contributed by atoms with Crippen LogP contribution < -0.4 is 4.74 Å². The molecule has 2 aromatic rings. The maximum atomic E-state index is 13.0. The highest BCUT2D eigenvalue weighted by Gasteiger charge is 2.13. The molecule has 2 rings (SSSR count). The number of hydrogen-bond acceptors (Lipinski definition) is 3. The van der Waals surface area contributed by atoms with Crippen LogP contribution >= 0.6 is 15.9 Å². The highest BCUT2D eigenvalue weighted by molar-refractivity contribution is 9.10. The Hall–Kier alpha value is -1.95. The first-order chi connectivity index (χ1) is 9.86. The van der Waals surface area contributed by atoms with Crippen molar-refractivity contribution in [2.75, 3.05) is 0 Å². The molecular formula is C15H13BrFNO3. The smallest absolute Gasteiger partial charge is 0.335 e. The molecule has 0 aliphatic heterocycles. The molecule has 0 atom stereocenters. The SMILES string of the molecule is CC(C)c1cc(C(=O)O)cc(Oc2ccc(F)cc2Br)n1. The maximum Gasteiger partial charge on any atom is 0.335 e. The van der Waals surface area contributed by atoms with Crippen LogP contribution in [0.4, 0.5) is 4.39 Å². The first-order valence-electron chi connectivity index (χ1n) is 6.25. The lowest BCUT2D eigenvalue weighted by atomic mass is 10.1. The number of carbonyl (C=O) groups is 1. The van der Waals surface area contributed by atoms with Crippen molar-refractivity contribution >= 4 is 21.9 Å². The van der Waals surface area contributed by atoms with E-state index in [1.807, 2.05) is 13.8 Å². The zero-order valence-electron chi connectivity index (χ0n) is 11.4. The van der Waals surface area contributed by atoms with E-state index >= 15 is 0 Å². The molecule has 0 saturated heterocycles. The highest BCUT2D eigenvalue weighted by Crippen LogP contribution is 2.30. The fourth-order valence-electron chi connectivity index (χ4n) is 1.67. The number of aromatic nitrogens is 1. The van der Waals surface area contributed by atoms with Crippen molar-refractivity contribution in [2.45, 2.75) is 19.8 Å². The summed E-state index contributed by atoms with van der Waals surface area (Å²) in [7, 11) is 0. The Kier molecular flexibility index (Phi) is 4.57. The Balaban J connectivity index is 2.41. The van der Waals surface area contributed by atoms with Crippen molar-refractivity contribution in [3.05, 3.63) is 51.9 Å². The van der Waals surface area contributed by atoms with E-state index in [0.717, 1.165) is 0 Å². The van der Waals surface area contributed by atoms with Gasteiger partial charge in [-0.2, -0.15) is 0 Å². The second kappa shape index (κ2) is 6.22. The Labute approximate surface area is 129 Å². The monoisotopic (exact) mass is 353 g/mol. The highest BCUT2D eigenvalue weighted by atomic mass is 79.9. The summed E-state index contributed by atoms with van der Waals surface area (Å²) < 4.78 is 19.0. The van der Waals surface area contributed by atoms with E-state index in [0.29, 0.717) is 15.9 Å². The van der Waals surface area contributed by atoms with Crippen LogP contribution in [0.15, 0.2) is 34.8 Å². The van der Waals surface area contributed by atoms with Gasteiger partial charge in [0.15, 0.2) is 0 Å². The molecule has 0 spiro atoms. The quantitative estimate of drug-likeness (QED) is 0.872. The molecule has 0 radical (unpaired) electrons. The minimum atomic E-state index is -1.05. The van der Waals surface area contributed by atoms with Crippen LogP contribution in [-0.4, -0.2) is 16.1 Å². The Morgan fingerprint density at radius 1 is 1.33 bits per heavy atom. The lowest BCUT2D eigenvalue weighted by molar-refractivity contribution is 0.0696. The number of ether oxygens (including phenoxy) is 1. The molecule has 1 aromatic carbocycles. The first-order valence-corrected chi connectivity index (χ1v) is 7.04. The van der Waals surface area contributed by atoms with E-state index in [9.17, 15) is 9.18 Å². The average Bonchev–Trinajstić information content (AvgIpc) is 2.41. The van der Waals surface area contributed by atoms with E-state index in [-0.39, 0.29) is 17.4 Å². The summed E-state index contributed by atoms with van der Waals surface area (Å²) in [6.07, 6.45) is 0. The number of aromatic carboxylic acids is 1. The molecule has 21 heavy (non-hydrogen) atoms. The fourth-order valence-corrected chi connectivity index (χ4v) is 2.10. The van der Waals surface area contributed by atoms with Gasteiger partial charge in [0, 0.05) is 11.8 Å². The molecule has 1 aromatic heterocycles. The molecule has 1 heterocycles. The summed E-state index contributed by atoms with van der Waals surface area (Å²) in [4.78, 5) is 15.4. The number of carboxylic acid groups (broad SMARTS) is 1. The number of benzene rings is 1. The maximum absolute atomic E-state index is 13.0. The second-order valence-corrected chi connectivity index (χ2v) is 5.61. The van der Waals surface area contributed by atoms with Crippen LogP contribution in [0, 0.1) is 5.82 Å². The predicted molar refractivity (Wildman–Crippen MR) is 79.5 cm³/mol. The molecule has 0 aliphatic carbocycles. The molecule has 1 N–H and O–H groups in total. The van der Waals surface area contributed by atoms with Gasteiger partial charge in [-0.3, -0.25) is 0 Å². The third-order valence-electron chi connectivity index (χ3n) is 2.77. The van der Waals surface area contributed by atoms with Gasteiger partial charge in [0.25, 0.3) is 0 Å². The van der Waals surface area contributed by atoms with Crippen molar-refractivity contribution < 1.29 is 19.0 Å². The number of carboxylic acids is 1. The standard InChI is InChI=1S/C15H13BrFNO3/c1-8(2)12-5-9(15(19)20)6-14(18-12)21-13-4-3-10(17)7-11(13)16/h3-8H,1-2H3,(H,19,20).